The summed E-state index contributed by atoms with van der Waals surface area (Å²) in [6, 6.07) is 0. The van der Waals surface area contributed by atoms with Gasteiger partial charge in [-0.05, 0) is 56.8 Å². The predicted octanol–water partition coefficient (Wildman–Crippen LogP) is 5.01. The van der Waals surface area contributed by atoms with Gasteiger partial charge in [0.1, 0.15) is 5.78 Å². The highest BCUT2D eigenvalue weighted by molar-refractivity contribution is 5.90. The van der Waals surface area contributed by atoms with E-state index < -0.39 is 11.0 Å². The molecule has 3 nitrogen and oxygen atoms in total. The van der Waals surface area contributed by atoms with E-state index in [1.165, 1.54) is 38.5 Å². The zero-order valence-electron chi connectivity index (χ0n) is 18.0. The number of ketones is 1. The first-order chi connectivity index (χ1) is 12.6. The number of ether oxygens (including phenoxy) is 1. The maximum Gasteiger partial charge on any atom is 0.142 e. The average Bonchev–Trinajstić information content (AvgIpc) is 2.76. The molecule has 2 aliphatic heterocycles. The second-order valence-corrected chi connectivity index (χ2v) is 11.8. The van der Waals surface area contributed by atoms with Crippen molar-refractivity contribution in [2.24, 2.45) is 33.3 Å². The third-order valence-electron chi connectivity index (χ3n) is 11.5. The zero-order chi connectivity index (χ0) is 19.3. The molecule has 0 aromatic heterocycles. The van der Waals surface area contributed by atoms with Gasteiger partial charge in [0.05, 0.1) is 17.6 Å². The molecule has 0 aromatic rings. The van der Waals surface area contributed by atoms with Gasteiger partial charge in [-0.15, -0.1) is 0 Å². The van der Waals surface area contributed by atoms with E-state index in [2.05, 4.69) is 27.7 Å². The minimum atomic E-state index is -0.422. The molecule has 4 unspecified atom stereocenters. The average molecular weight is 374 g/mol. The van der Waals surface area contributed by atoms with Crippen LogP contribution in [0.1, 0.15) is 98.3 Å². The number of Topliss-reactive ketones (excluding diaryl/α,β-unsaturated/α-hetero) is 1. The topological polar surface area (TPSA) is 52.3 Å². The Hall–Kier alpha value is -0.410. The quantitative estimate of drug-likeness (QED) is 0.703. The Morgan fingerprint density at radius 3 is 2.22 bits per heavy atom. The number of carbonyl (C=O) groups is 1. The van der Waals surface area contributed by atoms with Crippen LogP contribution in [-0.4, -0.2) is 23.5 Å². The molecule has 1 spiro atoms. The minimum absolute atomic E-state index is 0.0184. The third-order valence-corrected chi connectivity index (χ3v) is 11.5. The van der Waals surface area contributed by atoms with Crippen LogP contribution < -0.4 is 5.73 Å². The van der Waals surface area contributed by atoms with Crippen LogP contribution in [0.25, 0.3) is 0 Å². The number of carbonyl (C=O) groups excluding carboxylic acids is 1. The van der Waals surface area contributed by atoms with Gasteiger partial charge in [0, 0.05) is 23.3 Å². The van der Waals surface area contributed by atoms with Crippen LogP contribution in [0.3, 0.4) is 0 Å². The predicted molar refractivity (Wildman–Crippen MR) is 107 cm³/mol. The SMILES string of the molecule is CC12OCC34CCCCC3(C)[C@](C)(C[C@@H]1C1(N)CCCCC1)C2(C)C(=O)C4. The summed E-state index contributed by atoms with van der Waals surface area (Å²) in [6.07, 6.45) is 12.7. The summed E-state index contributed by atoms with van der Waals surface area (Å²) >= 11 is 0. The summed E-state index contributed by atoms with van der Waals surface area (Å²) in [5.74, 6) is 0.769. The zero-order valence-corrected chi connectivity index (χ0v) is 18.0. The normalized spacial score (nSPS) is 56.6. The van der Waals surface area contributed by atoms with Gasteiger partial charge in [-0.3, -0.25) is 4.79 Å². The first kappa shape index (κ1) is 18.6. The Morgan fingerprint density at radius 1 is 0.889 bits per heavy atom. The van der Waals surface area contributed by atoms with Gasteiger partial charge < -0.3 is 10.5 Å². The van der Waals surface area contributed by atoms with Crippen molar-refractivity contribution in [1.29, 1.82) is 0 Å². The van der Waals surface area contributed by atoms with Gasteiger partial charge in [-0.2, -0.15) is 0 Å². The lowest BCUT2D eigenvalue weighted by atomic mass is 9.36. The molecular formula is C24H39NO2. The van der Waals surface area contributed by atoms with E-state index in [1.54, 1.807) is 0 Å². The summed E-state index contributed by atoms with van der Waals surface area (Å²) in [7, 11) is 0. The summed E-state index contributed by atoms with van der Waals surface area (Å²) in [5, 5.41) is 0. The van der Waals surface area contributed by atoms with Gasteiger partial charge in [0.15, 0.2) is 0 Å². The van der Waals surface area contributed by atoms with E-state index in [1.807, 2.05) is 0 Å². The second kappa shape index (κ2) is 5.19. The Kier molecular flexibility index (Phi) is 3.58. The molecule has 6 aliphatic rings. The molecule has 0 aromatic carbocycles. The molecule has 4 aliphatic carbocycles. The lowest BCUT2D eigenvalue weighted by Crippen LogP contribution is -2.66. The molecule has 2 heterocycles. The lowest BCUT2D eigenvalue weighted by molar-refractivity contribution is -0.187. The monoisotopic (exact) mass is 373 g/mol. The minimum Gasteiger partial charge on any atom is -0.373 e. The number of hydrogen-bond donors (Lipinski definition) is 1. The summed E-state index contributed by atoms with van der Waals surface area (Å²) < 4.78 is 6.96. The third kappa shape index (κ3) is 1.77. The number of nitrogens with two attached hydrogens (primary N) is 1. The van der Waals surface area contributed by atoms with E-state index in [0.717, 1.165) is 38.7 Å². The van der Waals surface area contributed by atoms with E-state index in [-0.39, 0.29) is 21.8 Å². The van der Waals surface area contributed by atoms with Crippen molar-refractivity contribution in [3.8, 4) is 0 Å². The molecule has 4 bridgehead atoms. The summed E-state index contributed by atoms with van der Waals surface area (Å²) in [6.45, 7) is 10.3. The number of hydrogen-bond acceptors (Lipinski definition) is 3. The van der Waals surface area contributed by atoms with Gasteiger partial charge in [0.25, 0.3) is 0 Å². The molecule has 2 N–H and O–H groups in total. The van der Waals surface area contributed by atoms with Crippen LogP contribution >= 0.6 is 0 Å². The van der Waals surface area contributed by atoms with Gasteiger partial charge in [0.2, 0.25) is 0 Å². The Balaban J connectivity index is 1.72. The largest absolute Gasteiger partial charge is 0.373 e. The van der Waals surface area contributed by atoms with E-state index >= 15 is 0 Å². The smallest absolute Gasteiger partial charge is 0.142 e. The maximum atomic E-state index is 13.9. The highest BCUT2D eigenvalue weighted by Crippen LogP contribution is 2.81. The van der Waals surface area contributed by atoms with Gasteiger partial charge in [-0.25, -0.2) is 0 Å². The Morgan fingerprint density at radius 2 is 1.52 bits per heavy atom. The molecule has 0 radical (unpaired) electrons. The van der Waals surface area contributed by atoms with Crippen molar-refractivity contribution in [2.45, 2.75) is 109 Å². The van der Waals surface area contributed by atoms with Crippen molar-refractivity contribution in [2.75, 3.05) is 6.61 Å². The Labute approximate surface area is 165 Å². The van der Waals surface area contributed by atoms with Crippen LogP contribution in [0.4, 0.5) is 0 Å². The summed E-state index contributed by atoms with van der Waals surface area (Å²) in [5.41, 5.74) is 6.38. The standard InChI is InChI=1S/C24H39NO2/c1-19-10-8-9-11-23(19)15-18(26)21(3)20(19,2)14-17(22(21,4)27-16-23)24(25)12-6-5-7-13-24/h17H,5-16,25H2,1-4H3/t17-,19?,20-,21?,22?,23?/m0/s1. The molecule has 0 amide bonds. The molecule has 6 fully saturated rings. The summed E-state index contributed by atoms with van der Waals surface area (Å²) in [4.78, 5) is 13.9. The Bertz CT molecular complexity index is 684. The molecule has 6 rings (SSSR count). The van der Waals surface area contributed by atoms with Crippen LogP contribution in [0, 0.1) is 27.6 Å². The van der Waals surface area contributed by atoms with E-state index in [4.69, 9.17) is 10.5 Å². The highest BCUT2D eigenvalue weighted by Gasteiger charge is 2.83. The van der Waals surface area contributed by atoms with Crippen molar-refractivity contribution < 1.29 is 9.53 Å². The van der Waals surface area contributed by atoms with Gasteiger partial charge in [-0.1, -0.05) is 46.0 Å². The fourth-order valence-electron chi connectivity index (χ4n) is 9.30. The van der Waals surface area contributed by atoms with Crippen molar-refractivity contribution in [1.82, 2.24) is 0 Å². The van der Waals surface area contributed by atoms with Gasteiger partial charge >= 0.3 is 0 Å². The first-order valence-electron chi connectivity index (χ1n) is 11.5. The van der Waals surface area contributed by atoms with Crippen molar-refractivity contribution in [3.63, 3.8) is 0 Å². The molecule has 152 valence electrons. The molecule has 27 heavy (non-hydrogen) atoms. The van der Waals surface area contributed by atoms with E-state index in [0.29, 0.717) is 11.7 Å². The lowest BCUT2D eigenvalue weighted by Gasteiger charge is -2.65. The fraction of sp³-hybridized carbons (Fsp3) is 0.958. The number of fused-ring (bicyclic) bond motifs is 2. The van der Waals surface area contributed by atoms with E-state index in [9.17, 15) is 4.79 Å². The van der Waals surface area contributed by atoms with Crippen molar-refractivity contribution >= 4 is 5.78 Å². The van der Waals surface area contributed by atoms with Crippen molar-refractivity contribution in [3.05, 3.63) is 0 Å². The van der Waals surface area contributed by atoms with Crippen LogP contribution in [0.2, 0.25) is 0 Å². The first-order valence-corrected chi connectivity index (χ1v) is 11.5. The second-order valence-electron chi connectivity index (χ2n) is 11.8. The molecular weight excluding hydrogens is 334 g/mol. The molecule has 4 saturated carbocycles. The van der Waals surface area contributed by atoms with Crippen LogP contribution in [0.15, 0.2) is 0 Å². The fourth-order valence-corrected chi connectivity index (χ4v) is 9.30. The molecule has 6 atom stereocenters. The van der Waals surface area contributed by atoms with Crippen LogP contribution in [0.5, 0.6) is 0 Å². The molecule has 2 saturated heterocycles. The number of rotatable bonds is 1. The molecule has 3 heteroatoms. The highest BCUT2D eigenvalue weighted by atomic mass is 16.5. The van der Waals surface area contributed by atoms with Crippen LogP contribution in [-0.2, 0) is 9.53 Å². The maximum absolute atomic E-state index is 13.9.